The summed E-state index contributed by atoms with van der Waals surface area (Å²) in [6.45, 7) is 2.23. The molecule has 0 unspecified atom stereocenters. The van der Waals surface area contributed by atoms with Gasteiger partial charge in [0.05, 0.1) is 12.2 Å². The molecule has 0 heterocycles. The highest BCUT2D eigenvalue weighted by atomic mass is 16.5. The van der Waals surface area contributed by atoms with Crippen LogP contribution in [-0.2, 0) is 11.2 Å². The van der Waals surface area contributed by atoms with E-state index in [9.17, 15) is 4.79 Å². The quantitative estimate of drug-likeness (QED) is 0.504. The summed E-state index contributed by atoms with van der Waals surface area (Å²) in [6.07, 6.45) is 0.874. The van der Waals surface area contributed by atoms with Gasteiger partial charge in [-0.25, -0.2) is 4.79 Å². The summed E-state index contributed by atoms with van der Waals surface area (Å²) in [5.41, 5.74) is 5.74. The molecule has 0 atom stereocenters. The lowest BCUT2D eigenvalue weighted by Crippen LogP contribution is -2.06. The topological polar surface area (TPSA) is 26.3 Å². The zero-order valence-corrected chi connectivity index (χ0v) is 12.4. The van der Waals surface area contributed by atoms with Crippen LogP contribution in [0.25, 0.3) is 21.9 Å². The van der Waals surface area contributed by atoms with E-state index in [0.29, 0.717) is 12.2 Å². The van der Waals surface area contributed by atoms with E-state index in [2.05, 4.69) is 42.5 Å². The molecule has 0 aromatic heterocycles. The number of benzene rings is 3. The van der Waals surface area contributed by atoms with Crippen molar-refractivity contribution in [2.45, 2.75) is 13.3 Å². The molecule has 0 radical (unpaired) electrons. The van der Waals surface area contributed by atoms with Gasteiger partial charge in [-0.2, -0.15) is 0 Å². The molecule has 1 aliphatic carbocycles. The van der Waals surface area contributed by atoms with Gasteiger partial charge in [-0.3, -0.25) is 0 Å². The first kappa shape index (κ1) is 13.1. The molecule has 0 amide bonds. The fourth-order valence-electron chi connectivity index (χ4n) is 3.40. The molecule has 2 nitrogen and oxygen atoms in total. The Labute approximate surface area is 129 Å². The molecule has 0 N–H and O–H groups in total. The molecule has 0 fully saturated rings. The van der Waals surface area contributed by atoms with Crippen LogP contribution in [0.5, 0.6) is 0 Å². The molecule has 3 aromatic rings. The highest BCUT2D eigenvalue weighted by molar-refractivity contribution is 6.08. The summed E-state index contributed by atoms with van der Waals surface area (Å²) in [5.74, 6) is -0.238. The monoisotopic (exact) mass is 288 g/mol. The van der Waals surface area contributed by atoms with E-state index in [1.807, 2.05) is 19.1 Å². The second-order valence-electron chi connectivity index (χ2n) is 5.55. The van der Waals surface area contributed by atoms with Crippen LogP contribution < -0.4 is 0 Å². The number of carbonyl (C=O) groups is 1. The van der Waals surface area contributed by atoms with Gasteiger partial charge in [0, 0.05) is 5.39 Å². The van der Waals surface area contributed by atoms with E-state index in [4.69, 9.17) is 4.74 Å². The Bertz CT molecular complexity index is 893. The van der Waals surface area contributed by atoms with Gasteiger partial charge in [-0.05, 0) is 47.1 Å². The Morgan fingerprint density at radius 1 is 1.00 bits per heavy atom. The summed E-state index contributed by atoms with van der Waals surface area (Å²) in [6, 6.07) is 18.5. The highest BCUT2D eigenvalue weighted by Gasteiger charge is 2.23. The third-order valence-electron chi connectivity index (χ3n) is 4.32. The van der Waals surface area contributed by atoms with Gasteiger partial charge in [0.2, 0.25) is 0 Å². The van der Waals surface area contributed by atoms with E-state index in [0.717, 1.165) is 17.2 Å². The lowest BCUT2D eigenvalue weighted by atomic mass is 9.95. The molecular weight excluding hydrogens is 272 g/mol. The average molecular weight is 288 g/mol. The van der Waals surface area contributed by atoms with Crippen LogP contribution in [-0.4, -0.2) is 12.6 Å². The molecule has 2 heteroatoms. The van der Waals surface area contributed by atoms with Crippen molar-refractivity contribution in [3.63, 3.8) is 0 Å². The van der Waals surface area contributed by atoms with Gasteiger partial charge in [0.25, 0.3) is 0 Å². The zero-order valence-electron chi connectivity index (χ0n) is 12.4. The second-order valence-corrected chi connectivity index (χ2v) is 5.55. The molecule has 0 saturated heterocycles. The molecule has 0 aliphatic heterocycles. The molecular formula is C20H16O2. The van der Waals surface area contributed by atoms with E-state index in [1.54, 1.807) is 0 Å². The van der Waals surface area contributed by atoms with Gasteiger partial charge >= 0.3 is 5.97 Å². The van der Waals surface area contributed by atoms with Crippen molar-refractivity contribution in [1.82, 2.24) is 0 Å². The molecule has 22 heavy (non-hydrogen) atoms. The smallest absolute Gasteiger partial charge is 0.338 e. The predicted octanol–water partition coefficient (Wildman–Crippen LogP) is 4.59. The molecule has 0 bridgehead atoms. The van der Waals surface area contributed by atoms with Crippen molar-refractivity contribution in [1.29, 1.82) is 0 Å². The Hall–Kier alpha value is -2.61. The minimum atomic E-state index is -0.238. The zero-order chi connectivity index (χ0) is 15.1. The maximum Gasteiger partial charge on any atom is 0.338 e. The van der Waals surface area contributed by atoms with Gasteiger partial charge in [0.1, 0.15) is 0 Å². The van der Waals surface area contributed by atoms with Gasteiger partial charge in [-0.15, -0.1) is 0 Å². The van der Waals surface area contributed by atoms with Crippen molar-refractivity contribution < 1.29 is 9.53 Å². The number of hydrogen-bond donors (Lipinski definition) is 0. The van der Waals surface area contributed by atoms with E-state index in [-0.39, 0.29) is 5.97 Å². The third kappa shape index (κ3) is 1.84. The molecule has 108 valence electrons. The predicted molar refractivity (Wildman–Crippen MR) is 88.1 cm³/mol. The van der Waals surface area contributed by atoms with Crippen LogP contribution in [0.4, 0.5) is 0 Å². The molecule has 3 aromatic carbocycles. The van der Waals surface area contributed by atoms with E-state index < -0.39 is 0 Å². The van der Waals surface area contributed by atoms with Crippen molar-refractivity contribution in [2.75, 3.05) is 6.61 Å². The molecule has 0 spiro atoms. The number of carbonyl (C=O) groups excluding carboxylic acids is 1. The summed E-state index contributed by atoms with van der Waals surface area (Å²) in [5, 5.41) is 2.13. The van der Waals surface area contributed by atoms with Crippen molar-refractivity contribution in [3.8, 4) is 11.1 Å². The van der Waals surface area contributed by atoms with Crippen LogP contribution in [0.3, 0.4) is 0 Å². The van der Waals surface area contributed by atoms with Gasteiger partial charge < -0.3 is 4.74 Å². The first-order valence-corrected chi connectivity index (χ1v) is 7.59. The summed E-state index contributed by atoms with van der Waals surface area (Å²) in [7, 11) is 0. The van der Waals surface area contributed by atoms with Crippen LogP contribution in [0, 0.1) is 0 Å². The maximum atomic E-state index is 12.3. The highest BCUT2D eigenvalue weighted by Crippen LogP contribution is 2.41. The first-order valence-electron chi connectivity index (χ1n) is 7.59. The Balaban J connectivity index is 2.00. The van der Waals surface area contributed by atoms with Crippen LogP contribution in [0.15, 0.2) is 54.6 Å². The van der Waals surface area contributed by atoms with Gasteiger partial charge in [-0.1, -0.05) is 48.5 Å². The first-order chi connectivity index (χ1) is 10.8. The Morgan fingerprint density at radius 2 is 1.86 bits per heavy atom. The normalized spacial score (nSPS) is 12.0. The molecule has 0 saturated carbocycles. The number of esters is 1. The van der Waals surface area contributed by atoms with Crippen LogP contribution in [0.2, 0.25) is 0 Å². The SMILES string of the molecule is CCOC(=O)c1cccc2ccc3c(c12)Cc1ccccc1-3. The van der Waals surface area contributed by atoms with Gasteiger partial charge in [0.15, 0.2) is 0 Å². The Morgan fingerprint density at radius 3 is 2.73 bits per heavy atom. The number of rotatable bonds is 2. The number of ether oxygens (including phenoxy) is 1. The second kappa shape index (κ2) is 4.99. The minimum absolute atomic E-state index is 0.238. The molecule has 4 rings (SSSR count). The van der Waals surface area contributed by atoms with E-state index >= 15 is 0 Å². The maximum absolute atomic E-state index is 12.3. The summed E-state index contributed by atoms with van der Waals surface area (Å²) < 4.78 is 5.23. The standard InChI is InChI=1S/C20H16O2/c1-2-22-20(21)17-9-5-7-13-10-11-16-15-8-4-3-6-14(15)12-18(16)19(13)17/h3-11H,2,12H2,1H3. The Kier molecular flexibility index (Phi) is 2.97. The lowest BCUT2D eigenvalue weighted by molar-refractivity contribution is 0.0528. The summed E-state index contributed by atoms with van der Waals surface area (Å²) in [4.78, 5) is 12.3. The van der Waals surface area contributed by atoms with Crippen molar-refractivity contribution >= 4 is 16.7 Å². The van der Waals surface area contributed by atoms with Crippen LogP contribution in [0.1, 0.15) is 28.4 Å². The number of hydrogen-bond acceptors (Lipinski definition) is 2. The minimum Gasteiger partial charge on any atom is -0.462 e. The number of fused-ring (bicyclic) bond motifs is 5. The lowest BCUT2D eigenvalue weighted by Gasteiger charge is -2.10. The molecule has 1 aliphatic rings. The van der Waals surface area contributed by atoms with Crippen LogP contribution >= 0.6 is 0 Å². The van der Waals surface area contributed by atoms with Crippen molar-refractivity contribution in [3.05, 3.63) is 71.3 Å². The average Bonchev–Trinajstić information content (AvgIpc) is 2.93. The fourth-order valence-corrected chi connectivity index (χ4v) is 3.40. The van der Waals surface area contributed by atoms with Crippen molar-refractivity contribution in [2.24, 2.45) is 0 Å². The summed E-state index contributed by atoms with van der Waals surface area (Å²) >= 11 is 0. The third-order valence-corrected chi connectivity index (χ3v) is 4.32. The van der Waals surface area contributed by atoms with E-state index in [1.165, 1.54) is 22.3 Å². The largest absolute Gasteiger partial charge is 0.462 e. The fraction of sp³-hybridized carbons (Fsp3) is 0.150.